The van der Waals surface area contributed by atoms with Crippen LogP contribution in [0.3, 0.4) is 0 Å². The van der Waals surface area contributed by atoms with Gasteiger partial charge in [-0.2, -0.15) is 0 Å². The molecule has 1 N–H and O–H groups in total. The minimum atomic E-state index is -0.977. The normalized spacial score (nSPS) is 16.4. The zero-order valence-electron chi connectivity index (χ0n) is 9.95. The van der Waals surface area contributed by atoms with E-state index in [2.05, 4.69) is 4.74 Å². The molecule has 3 nitrogen and oxygen atoms in total. The molecule has 1 aromatic rings. The van der Waals surface area contributed by atoms with Crippen molar-refractivity contribution in [1.82, 2.24) is 0 Å². The summed E-state index contributed by atoms with van der Waals surface area (Å²) in [6, 6.07) is 2.44. The Kier molecular flexibility index (Phi) is 3.50. The van der Waals surface area contributed by atoms with Gasteiger partial charge in [0.15, 0.2) is 17.4 Å². The highest BCUT2D eigenvalue weighted by Gasteiger charge is 2.36. The lowest BCUT2D eigenvalue weighted by Crippen LogP contribution is -2.11. The molecule has 0 radical (unpaired) electrons. The second kappa shape index (κ2) is 4.92. The first-order valence-electron chi connectivity index (χ1n) is 5.78. The van der Waals surface area contributed by atoms with Gasteiger partial charge in [-0.1, -0.05) is 6.07 Å². The summed E-state index contributed by atoms with van der Waals surface area (Å²) >= 11 is 0. The number of carboxylic acid groups (broad SMARTS) is 1. The van der Waals surface area contributed by atoms with E-state index in [9.17, 15) is 13.6 Å². The fourth-order valence-electron chi connectivity index (χ4n) is 2.24. The molecule has 1 aliphatic rings. The van der Waals surface area contributed by atoms with E-state index in [-0.39, 0.29) is 17.9 Å². The van der Waals surface area contributed by atoms with Gasteiger partial charge in [0.05, 0.1) is 13.5 Å². The Morgan fingerprint density at radius 2 is 2.17 bits per heavy atom. The minimum absolute atomic E-state index is 0.142. The maximum Gasteiger partial charge on any atom is 0.303 e. The van der Waals surface area contributed by atoms with Crippen LogP contribution in [0.15, 0.2) is 12.1 Å². The molecule has 0 saturated heterocycles. The lowest BCUT2D eigenvalue weighted by Gasteiger charge is -2.17. The number of aliphatic carboxylic acids is 1. The first-order valence-corrected chi connectivity index (χ1v) is 5.78. The molecule has 1 fully saturated rings. The first-order chi connectivity index (χ1) is 8.54. The first kappa shape index (κ1) is 12.8. The lowest BCUT2D eigenvalue weighted by atomic mass is 9.90. The molecule has 2 rings (SSSR count). The van der Waals surface area contributed by atoms with Gasteiger partial charge in [0.1, 0.15) is 0 Å². The summed E-state index contributed by atoms with van der Waals surface area (Å²) in [6.45, 7) is 0. The molecule has 0 bridgehead atoms. The van der Waals surface area contributed by atoms with E-state index in [0.29, 0.717) is 0 Å². The number of carbonyl (C=O) groups is 1. The van der Waals surface area contributed by atoms with E-state index in [1.807, 2.05) is 0 Å². The predicted molar refractivity (Wildman–Crippen MR) is 60.6 cm³/mol. The van der Waals surface area contributed by atoms with Crippen molar-refractivity contribution in [2.45, 2.75) is 25.2 Å². The van der Waals surface area contributed by atoms with Gasteiger partial charge in [-0.3, -0.25) is 4.79 Å². The van der Waals surface area contributed by atoms with Crippen LogP contribution in [0.4, 0.5) is 8.78 Å². The Labute approximate surface area is 103 Å². The second-order valence-corrected chi connectivity index (χ2v) is 4.53. The van der Waals surface area contributed by atoms with Crippen LogP contribution in [0.5, 0.6) is 5.75 Å². The van der Waals surface area contributed by atoms with E-state index >= 15 is 0 Å². The van der Waals surface area contributed by atoms with Crippen molar-refractivity contribution < 1.29 is 23.4 Å². The number of benzene rings is 1. The summed E-state index contributed by atoms with van der Waals surface area (Å²) < 4.78 is 32.0. The molecule has 0 aliphatic heterocycles. The highest BCUT2D eigenvalue weighted by molar-refractivity contribution is 5.68. The van der Waals surface area contributed by atoms with E-state index in [1.165, 1.54) is 13.2 Å². The Hall–Kier alpha value is -1.65. The van der Waals surface area contributed by atoms with Gasteiger partial charge < -0.3 is 9.84 Å². The van der Waals surface area contributed by atoms with Gasteiger partial charge in [-0.15, -0.1) is 0 Å². The van der Waals surface area contributed by atoms with Gasteiger partial charge in [0, 0.05) is 5.92 Å². The number of methoxy groups -OCH3 is 1. The van der Waals surface area contributed by atoms with Gasteiger partial charge in [0.2, 0.25) is 0 Å². The maximum absolute atomic E-state index is 14.1. The molecule has 18 heavy (non-hydrogen) atoms. The molecule has 5 heteroatoms. The molecule has 1 atom stereocenters. The van der Waals surface area contributed by atoms with Crippen LogP contribution in [0.1, 0.15) is 30.7 Å². The maximum atomic E-state index is 14.1. The summed E-state index contributed by atoms with van der Waals surface area (Å²) in [7, 11) is 1.19. The quantitative estimate of drug-likeness (QED) is 0.881. The van der Waals surface area contributed by atoms with Crippen molar-refractivity contribution in [3.05, 3.63) is 29.3 Å². The smallest absolute Gasteiger partial charge is 0.303 e. The zero-order chi connectivity index (χ0) is 13.3. The molecule has 1 aliphatic carbocycles. The second-order valence-electron chi connectivity index (χ2n) is 4.53. The molecular formula is C13H14F2O3. The van der Waals surface area contributed by atoms with Crippen LogP contribution in [-0.4, -0.2) is 18.2 Å². The van der Waals surface area contributed by atoms with Crippen LogP contribution in [0.2, 0.25) is 0 Å². The number of carboxylic acids is 1. The van der Waals surface area contributed by atoms with Gasteiger partial charge in [0.25, 0.3) is 0 Å². The Morgan fingerprint density at radius 3 is 2.67 bits per heavy atom. The number of hydrogen-bond acceptors (Lipinski definition) is 2. The summed E-state index contributed by atoms with van der Waals surface area (Å²) in [5.74, 6) is -3.21. The largest absolute Gasteiger partial charge is 0.491 e. The zero-order valence-corrected chi connectivity index (χ0v) is 9.95. The number of halogens is 2. The molecule has 0 spiro atoms. The van der Waals surface area contributed by atoms with Crippen LogP contribution < -0.4 is 4.74 Å². The van der Waals surface area contributed by atoms with Crippen LogP contribution in [0.25, 0.3) is 0 Å². The summed E-state index contributed by atoms with van der Waals surface area (Å²) in [5, 5.41) is 8.87. The van der Waals surface area contributed by atoms with Crippen molar-refractivity contribution in [3.8, 4) is 5.75 Å². The minimum Gasteiger partial charge on any atom is -0.491 e. The van der Waals surface area contributed by atoms with Crippen molar-refractivity contribution in [1.29, 1.82) is 0 Å². The standard InChI is InChI=1S/C13H14F2O3/c1-18-13-10(14)5-4-8(12(13)15)9(6-11(16)17)7-2-3-7/h4-5,7,9H,2-3,6H2,1H3,(H,16,17). The fourth-order valence-corrected chi connectivity index (χ4v) is 2.24. The Bertz CT molecular complexity index is 470. The molecule has 1 saturated carbocycles. The SMILES string of the molecule is COc1c(F)ccc(C(CC(=O)O)C2CC2)c1F. The van der Waals surface area contributed by atoms with Gasteiger partial charge in [-0.05, 0) is 30.4 Å². The highest BCUT2D eigenvalue weighted by Crippen LogP contribution is 2.46. The molecule has 0 amide bonds. The van der Waals surface area contributed by atoms with E-state index < -0.39 is 29.3 Å². The number of ether oxygens (including phenoxy) is 1. The van der Waals surface area contributed by atoms with Crippen molar-refractivity contribution in [2.75, 3.05) is 7.11 Å². The van der Waals surface area contributed by atoms with E-state index in [1.54, 1.807) is 0 Å². The van der Waals surface area contributed by atoms with Crippen LogP contribution in [-0.2, 0) is 4.79 Å². The van der Waals surface area contributed by atoms with E-state index in [0.717, 1.165) is 18.9 Å². The van der Waals surface area contributed by atoms with Gasteiger partial charge in [-0.25, -0.2) is 8.78 Å². The molecule has 1 unspecified atom stereocenters. The van der Waals surface area contributed by atoms with E-state index in [4.69, 9.17) is 5.11 Å². The molecule has 0 aromatic heterocycles. The highest BCUT2D eigenvalue weighted by atomic mass is 19.1. The number of hydrogen-bond donors (Lipinski definition) is 1. The molecule has 0 heterocycles. The summed E-state index contributed by atoms with van der Waals surface area (Å²) in [5.41, 5.74) is 0.234. The fraction of sp³-hybridized carbons (Fsp3) is 0.462. The number of rotatable bonds is 5. The average molecular weight is 256 g/mol. The van der Waals surface area contributed by atoms with Crippen molar-refractivity contribution in [2.24, 2.45) is 5.92 Å². The van der Waals surface area contributed by atoms with Crippen LogP contribution in [0, 0.1) is 17.6 Å². The molecular weight excluding hydrogens is 242 g/mol. The summed E-state index contributed by atoms with van der Waals surface area (Å²) in [4.78, 5) is 10.8. The topological polar surface area (TPSA) is 46.5 Å². The third-order valence-corrected chi connectivity index (χ3v) is 3.27. The average Bonchev–Trinajstić information content (AvgIpc) is 3.11. The Morgan fingerprint density at radius 1 is 1.50 bits per heavy atom. The summed E-state index contributed by atoms with van der Waals surface area (Å²) in [6.07, 6.45) is 1.63. The molecule has 98 valence electrons. The van der Waals surface area contributed by atoms with Gasteiger partial charge >= 0.3 is 5.97 Å². The third kappa shape index (κ3) is 2.44. The predicted octanol–water partition coefficient (Wildman–Crippen LogP) is 2.94. The monoisotopic (exact) mass is 256 g/mol. The third-order valence-electron chi connectivity index (χ3n) is 3.27. The molecule has 1 aromatic carbocycles. The van der Waals surface area contributed by atoms with Crippen LogP contribution >= 0.6 is 0 Å². The Balaban J connectivity index is 2.38. The van der Waals surface area contributed by atoms with Crippen molar-refractivity contribution >= 4 is 5.97 Å². The lowest BCUT2D eigenvalue weighted by molar-refractivity contribution is -0.137. The van der Waals surface area contributed by atoms with Crippen molar-refractivity contribution in [3.63, 3.8) is 0 Å².